The fourth-order valence-electron chi connectivity index (χ4n) is 3.20. The van der Waals surface area contributed by atoms with Crippen molar-refractivity contribution in [3.05, 3.63) is 35.4 Å². The second-order valence-electron chi connectivity index (χ2n) is 5.66. The van der Waals surface area contributed by atoms with Gasteiger partial charge in [0.2, 0.25) is 0 Å². The first kappa shape index (κ1) is 14.4. The minimum atomic E-state index is -0.922. The molecular formula is C15H21F2NO. The molecule has 1 saturated carbocycles. The molecule has 0 radical (unpaired) electrons. The molecule has 3 N–H and O–H groups in total. The lowest BCUT2D eigenvalue weighted by molar-refractivity contribution is 0.0298. The Morgan fingerprint density at radius 2 is 2.16 bits per heavy atom. The van der Waals surface area contributed by atoms with E-state index >= 15 is 0 Å². The van der Waals surface area contributed by atoms with Crippen molar-refractivity contribution in [1.29, 1.82) is 0 Å². The summed E-state index contributed by atoms with van der Waals surface area (Å²) in [5.74, 6) is -1.26. The van der Waals surface area contributed by atoms with Gasteiger partial charge in [-0.1, -0.05) is 19.4 Å². The number of halogens is 2. The summed E-state index contributed by atoms with van der Waals surface area (Å²) >= 11 is 0. The van der Waals surface area contributed by atoms with E-state index in [-0.39, 0.29) is 0 Å². The highest BCUT2D eigenvalue weighted by Crippen LogP contribution is 2.50. The summed E-state index contributed by atoms with van der Waals surface area (Å²) in [6.07, 6.45) is 2.95. The molecule has 0 bridgehead atoms. The Bertz CT molecular complexity index is 452. The minimum absolute atomic E-state index is 0.365. The Morgan fingerprint density at radius 3 is 2.68 bits per heavy atom. The molecular weight excluding hydrogens is 248 g/mol. The first-order chi connectivity index (χ1) is 9.02. The highest BCUT2D eigenvalue weighted by Gasteiger charge is 2.43. The van der Waals surface area contributed by atoms with Crippen LogP contribution in [0, 0.1) is 23.0 Å². The lowest BCUT2D eigenvalue weighted by Crippen LogP contribution is -2.34. The van der Waals surface area contributed by atoms with E-state index in [1.807, 2.05) is 0 Å². The molecule has 0 heterocycles. The summed E-state index contributed by atoms with van der Waals surface area (Å²) in [5.41, 5.74) is 5.88. The lowest BCUT2D eigenvalue weighted by Gasteiger charge is -2.33. The van der Waals surface area contributed by atoms with Gasteiger partial charge in [-0.3, -0.25) is 0 Å². The Balaban J connectivity index is 2.25. The van der Waals surface area contributed by atoms with Crippen LogP contribution in [0.4, 0.5) is 8.78 Å². The van der Waals surface area contributed by atoms with Gasteiger partial charge in [-0.05, 0) is 42.9 Å². The third-order valence-corrected chi connectivity index (χ3v) is 4.57. The molecule has 0 aliphatic heterocycles. The van der Waals surface area contributed by atoms with E-state index in [2.05, 4.69) is 6.92 Å². The monoisotopic (exact) mass is 269 g/mol. The molecule has 1 aliphatic carbocycles. The van der Waals surface area contributed by atoms with E-state index in [1.54, 1.807) is 0 Å². The van der Waals surface area contributed by atoms with Crippen LogP contribution in [0.2, 0.25) is 0 Å². The molecule has 0 saturated heterocycles. The molecule has 4 heteroatoms. The van der Waals surface area contributed by atoms with Crippen LogP contribution in [0.5, 0.6) is 0 Å². The van der Waals surface area contributed by atoms with E-state index in [9.17, 15) is 13.9 Å². The number of aliphatic hydroxyl groups excluding tert-OH is 1. The van der Waals surface area contributed by atoms with Gasteiger partial charge < -0.3 is 10.8 Å². The molecule has 2 rings (SSSR count). The van der Waals surface area contributed by atoms with Crippen molar-refractivity contribution in [3.8, 4) is 0 Å². The third kappa shape index (κ3) is 2.65. The van der Waals surface area contributed by atoms with Gasteiger partial charge in [-0.15, -0.1) is 0 Å². The van der Waals surface area contributed by atoms with E-state index in [0.717, 1.165) is 37.8 Å². The maximum absolute atomic E-state index is 13.3. The Morgan fingerprint density at radius 1 is 1.42 bits per heavy atom. The summed E-state index contributed by atoms with van der Waals surface area (Å²) in [4.78, 5) is 0. The maximum Gasteiger partial charge on any atom is 0.159 e. The number of hydrogen-bond donors (Lipinski definition) is 2. The molecule has 0 spiro atoms. The zero-order valence-electron chi connectivity index (χ0n) is 11.2. The second-order valence-corrected chi connectivity index (χ2v) is 5.66. The quantitative estimate of drug-likeness (QED) is 0.882. The summed E-state index contributed by atoms with van der Waals surface area (Å²) in [6.45, 7) is 2.49. The number of benzene rings is 1. The largest absolute Gasteiger partial charge is 0.388 e. The predicted molar refractivity (Wildman–Crippen MR) is 70.4 cm³/mol. The first-order valence-electron chi connectivity index (χ1n) is 6.85. The smallest absolute Gasteiger partial charge is 0.159 e. The Kier molecular flexibility index (Phi) is 4.21. The molecule has 0 amide bonds. The van der Waals surface area contributed by atoms with Gasteiger partial charge in [-0.2, -0.15) is 0 Å². The third-order valence-electron chi connectivity index (χ3n) is 4.57. The van der Waals surface area contributed by atoms with Crippen LogP contribution in [0.1, 0.15) is 44.3 Å². The maximum atomic E-state index is 13.3. The fourth-order valence-corrected chi connectivity index (χ4v) is 3.20. The van der Waals surface area contributed by atoms with E-state index < -0.39 is 23.2 Å². The molecule has 1 fully saturated rings. The molecule has 3 unspecified atom stereocenters. The van der Waals surface area contributed by atoms with Gasteiger partial charge in [-0.25, -0.2) is 8.78 Å². The van der Waals surface area contributed by atoms with Gasteiger partial charge >= 0.3 is 0 Å². The highest BCUT2D eigenvalue weighted by atomic mass is 19.2. The van der Waals surface area contributed by atoms with Crippen molar-refractivity contribution in [1.82, 2.24) is 0 Å². The topological polar surface area (TPSA) is 46.2 Å². The van der Waals surface area contributed by atoms with Crippen LogP contribution < -0.4 is 5.73 Å². The van der Waals surface area contributed by atoms with Crippen molar-refractivity contribution in [2.75, 3.05) is 6.54 Å². The SMILES string of the molecule is CCC1CCC(CN)(C(O)c2ccc(F)c(F)c2)C1. The summed E-state index contributed by atoms with van der Waals surface area (Å²) in [7, 11) is 0. The average molecular weight is 269 g/mol. The predicted octanol–water partition coefficient (Wildman–Crippen LogP) is 3.15. The van der Waals surface area contributed by atoms with Crippen molar-refractivity contribution < 1.29 is 13.9 Å². The van der Waals surface area contributed by atoms with Crippen LogP contribution in [0.25, 0.3) is 0 Å². The Labute approximate surface area is 112 Å². The first-order valence-corrected chi connectivity index (χ1v) is 6.85. The highest BCUT2D eigenvalue weighted by molar-refractivity contribution is 5.22. The minimum Gasteiger partial charge on any atom is -0.388 e. The second kappa shape index (κ2) is 5.55. The number of aliphatic hydroxyl groups is 1. The molecule has 2 nitrogen and oxygen atoms in total. The summed E-state index contributed by atoms with van der Waals surface area (Å²) < 4.78 is 26.2. The molecule has 106 valence electrons. The number of nitrogens with two attached hydrogens (primary N) is 1. The fraction of sp³-hybridized carbons (Fsp3) is 0.600. The number of hydrogen-bond acceptors (Lipinski definition) is 2. The van der Waals surface area contributed by atoms with Crippen molar-refractivity contribution in [2.45, 2.75) is 38.7 Å². The molecule has 1 aromatic carbocycles. The summed E-state index contributed by atoms with van der Waals surface area (Å²) in [6, 6.07) is 3.58. The van der Waals surface area contributed by atoms with E-state index in [0.29, 0.717) is 18.0 Å². The van der Waals surface area contributed by atoms with Crippen LogP contribution in [-0.2, 0) is 0 Å². The molecule has 3 atom stereocenters. The van der Waals surface area contributed by atoms with Crippen LogP contribution in [0.15, 0.2) is 18.2 Å². The average Bonchev–Trinajstić information content (AvgIpc) is 2.86. The number of rotatable bonds is 4. The normalized spacial score (nSPS) is 28.6. The van der Waals surface area contributed by atoms with Crippen molar-refractivity contribution in [3.63, 3.8) is 0 Å². The standard InChI is InChI=1S/C15H21F2NO/c1-2-10-5-6-15(8-10,9-18)14(19)11-3-4-12(16)13(17)7-11/h3-4,7,10,14,19H,2,5-6,8-9,18H2,1H3. The zero-order chi connectivity index (χ0) is 14.0. The van der Waals surface area contributed by atoms with E-state index in [4.69, 9.17) is 5.73 Å². The molecule has 19 heavy (non-hydrogen) atoms. The summed E-state index contributed by atoms with van der Waals surface area (Å²) in [5, 5.41) is 10.5. The van der Waals surface area contributed by atoms with Crippen LogP contribution in [-0.4, -0.2) is 11.7 Å². The molecule has 0 aromatic heterocycles. The van der Waals surface area contributed by atoms with Crippen LogP contribution in [0.3, 0.4) is 0 Å². The van der Waals surface area contributed by atoms with Gasteiger partial charge in [0.25, 0.3) is 0 Å². The van der Waals surface area contributed by atoms with Gasteiger partial charge in [0.1, 0.15) is 0 Å². The van der Waals surface area contributed by atoms with Gasteiger partial charge in [0, 0.05) is 12.0 Å². The lowest BCUT2D eigenvalue weighted by atomic mass is 9.76. The van der Waals surface area contributed by atoms with E-state index in [1.165, 1.54) is 6.07 Å². The Hall–Kier alpha value is -1.00. The molecule has 1 aromatic rings. The van der Waals surface area contributed by atoms with Gasteiger partial charge in [0.05, 0.1) is 6.10 Å². The van der Waals surface area contributed by atoms with Crippen LogP contribution >= 0.6 is 0 Å². The van der Waals surface area contributed by atoms with Crippen molar-refractivity contribution in [2.24, 2.45) is 17.1 Å². The molecule has 1 aliphatic rings. The van der Waals surface area contributed by atoms with Gasteiger partial charge in [0.15, 0.2) is 11.6 Å². The zero-order valence-corrected chi connectivity index (χ0v) is 11.2. The van der Waals surface area contributed by atoms with Crippen molar-refractivity contribution >= 4 is 0 Å².